The van der Waals surface area contributed by atoms with Crippen LogP contribution >= 0.6 is 0 Å². The minimum atomic E-state index is -2.43. The average molecular weight is 928 g/mol. The van der Waals surface area contributed by atoms with E-state index in [1.54, 1.807) is 41.1 Å². The van der Waals surface area contributed by atoms with Gasteiger partial charge in [-0.15, -0.1) is 0 Å². The van der Waals surface area contributed by atoms with Crippen LogP contribution in [0.2, 0.25) is 0 Å². The molecule has 0 aromatic carbocycles. The van der Waals surface area contributed by atoms with Crippen molar-refractivity contribution in [1.29, 1.82) is 0 Å². The summed E-state index contributed by atoms with van der Waals surface area (Å²) >= 11 is 0. The van der Waals surface area contributed by atoms with Crippen LogP contribution in [0.4, 0.5) is 0 Å². The van der Waals surface area contributed by atoms with Crippen molar-refractivity contribution in [2.45, 2.75) is 186 Å². The van der Waals surface area contributed by atoms with Gasteiger partial charge >= 0.3 is 5.97 Å². The molecule has 372 valence electrons. The quantitative estimate of drug-likeness (QED) is 0.147. The number of carbonyl (C=O) groups excluding carboxylic acids is 5. The summed E-state index contributed by atoms with van der Waals surface area (Å²) in [6.45, 7) is 12.8. The second-order valence-electron chi connectivity index (χ2n) is 19.9. The Kier molecular flexibility index (Phi) is 21.6. The highest BCUT2D eigenvalue weighted by atomic mass is 16.6. The molecule has 66 heavy (non-hydrogen) atoms. The average Bonchev–Trinajstić information content (AvgIpc) is 3.30. The maximum Gasteiger partial charge on any atom is 0.329 e. The standard InChI is InChI=1S/C52H81NO13/c1-31-16-12-11-13-17-32(2)43(62-8)29-39-23-21-37(7)52(61,66-39)49(58)50(59)53-25-15-14-18-40(53)51(60)65-44(35(5)27-38-22-24-41(54)45(28-38)63-9)30-42(55)34(4)26-36(6)47(57)48(64-10)46(56)33(3)20-19-31/h11-13,16-17,26,31,33-35,37-41,43-45,47-48,54,57,61H,14-15,18-25,27-30H2,1-10H3/b13-11+,16-12+,32-17+,36-26+/t31-,33-,34-,35-,37-,38-,39+,40+,41-,43+,44+,45-,47-,48+,52-/m1/s1. The number of aliphatic hydroxyl groups excluding tert-OH is 2. The van der Waals surface area contributed by atoms with E-state index in [2.05, 4.69) is 13.0 Å². The minimum Gasteiger partial charge on any atom is -0.460 e. The van der Waals surface area contributed by atoms with Crippen LogP contribution in [0.25, 0.3) is 0 Å². The molecule has 4 aliphatic rings. The predicted octanol–water partition coefficient (Wildman–Crippen LogP) is 6.57. The number of hydrogen-bond donors (Lipinski definition) is 3. The van der Waals surface area contributed by atoms with Crippen LogP contribution in [0.15, 0.2) is 47.6 Å². The molecule has 3 fully saturated rings. The van der Waals surface area contributed by atoms with E-state index in [4.69, 9.17) is 23.7 Å². The van der Waals surface area contributed by atoms with Crippen molar-refractivity contribution in [3.8, 4) is 0 Å². The molecule has 3 heterocycles. The summed E-state index contributed by atoms with van der Waals surface area (Å²) in [6.07, 6.45) is 12.2. The molecule has 1 aliphatic carbocycles. The number of ether oxygens (including phenoxy) is 5. The van der Waals surface area contributed by atoms with Gasteiger partial charge in [0.25, 0.3) is 11.7 Å². The van der Waals surface area contributed by atoms with Crippen molar-refractivity contribution < 1.29 is 63.0 Å². The number of cyclic esters (lactones) is 1. The third kappa shape index (κ3) is 14.6. The molecule has 0 spiro atoms. The Labute approximate surface area is 393 Å². The summed E-state index contributed by atoms with van der Waals surface area (Å²) in [5, 5.41) is 33.9. The number of esters is 1. The zero-order chi connectivity index (χ0) is 48.9. The molecular weight excluding hydrogens is 847 g/mol. The smallest absolute Gasteiger partial charge is 0.329 e. The molecule has 15 atom stereocenters. The van der Waals surface area contributed by atoms with Gasteiger partial charge in [-0.2, -0.15) is 0 Å². The van der Waals surface area contributed by atoms with Gasteiger partial charge in [-0.1, -0.05) is 71.1 Å². The number of piperidine rings is 1. The van der Waals surface area contributed by atoms with Gasteiger partial charge in [0.05, 0.1) is 24.4 Å². The maximum atomic E-state index is 14.4. The van der Waals surface area contributed by atoms with Crippen molar-refractivity contribution in [2.75, 3.05) is 27.9 Å². The molecular formula is C52H81NO13. The van der Waals surface area contributed by atoms with Crippen molar-refractivity contribution >= 4 is 29.2 Å². The van der Waals surface area contributed by atoms with Gasteiger partial charge in [0.2, 0.25) is 5.79 Å². The first kappa shape index (κ1) is 55.2. The van der Waals surface area contributed by atoms with E-state index in [9.17, 15) is 39.3 Å². The van der Waals surface area contributed by atoms with E-state index in [1.165, 1.54) is 12.0 Å². The lowest BCUT2D eigenvalue weighted by Gasteiger charge is -2.42. The zero-order valence-electron chi connectivity index (χ0n) is 41.3. The third-order valence-electron chi connectivity index (χ3n) is 14.8. The second kappa shape index (κ2) is 25.8. The van der Waals surface area contributed by atoms with Crippen molar-refractivity contribution in [1.82, 2.24) is 4.90 Å². The molecule has 4 rings (SSSR count). The van der Waals surface area contributed by atoms with Gasteiger partial charge in [0, 0.05) is 58.5 Å². The first-order chi connectivity index (χ1) is 31.2. The van der Waals surface area contributed by atoms with Crippen molar-refractivity contribution in [3.63, 3.8) is 0 Å². The lowest BCUT2D eigenvalue weighted by Crippen LogP contribution is -2.61. The van der Waals surface area contributed by atoms with E-state index in [1.807, 2.05) is 45.1 Å². The molecule has 1 saturated carbocycles. The summed E-state index contributed by atoms with van der Waals surface area (Å²) in [5.74, 6) is -7.74. The van der Waals surface area contributed by atoms with Gasteiger partial charge in [0.1, 0.15) is 30.1 Å². The van der Waals surface area contributed by atoms with E-state index in [0.717, 1.165) is 18.4 Å². The largest absolute Gasteiger partial charge is 0.460 e. The molecule has 3 N–H and O–H groups in total. The molecule has 0 aromatic rings. The summed E-state index contributed by atoms with van der Waals surface area (Å²) in [4.78, 5) is 71.8. The topological polar surface area (TPSA) is 195 Å². The molecule has 2 saturated heterocycles. The first-order valence-corrected chi connectivity index (χ1v) is 24.4. The first-order valence-electron chi connectivity index (χ1n) is 24.4. The SMILES string of the molecule is CO[C@H]1C[C@@H]2CC[C@@H](C)[C@@](O)(O2)C(=O)C(=O)N2CCCC[C@H]2C(=O)O[C@H]([C@H](C)C[C@H]2CC[C@@H](O)[C@H](OC)C2)CC(=O)[C@H](C)/C=C(\C)[C@@H](O)[C@@H](OC)C(=O)[C@H](C)CC[C@H](C)/C=C/C=C/C=C/1C. The number of hydrogen-bond acceptors (Lipinski definition) is 13. The van der Waals surface area contributed by atoms with Crippen LogP contribution in [0.5, 0.6) is 0 Å². The Morgan fingerprint density at radius 3 is 2.24 bits per heavy atom. The van der Waals surface area contributed by atoms with E-state index >= 15 is 0 Å². The molecule has 0 aromatic heterocycles. The Morgan fingerprint density at radius 1 is 0.833 bits per heavy atom. The van der Waals surface area contributed by atoms with Gasteiger partial charge < -0.3 is 43.9 Å². The van der Waals surface area contributed by atoms with Gasteiger partial charge in [-0.3, -0.25) is 19.2 Å². The number of fused-ring (bicyclic) bond motifs is 3. The predicted molar refractivity (Wildman–Crippen MR) is 250 cm³/mol. The summed E-state index contributed by atoms with van der Waals surface area (Å²) < 4.78 is 29.4. The molecule has 2 bridgehead atoms. The van der Waals surface area contributed by atoms with E-state index in [-0.39, 0.29) is 54.8 Å². The number of amides is 1. The minimum absolute atomic E-state index is 0.0880. The van der Waals surface area contributed by atoms with Crippen molar-refractivity contribution in [3.05, 3.63) is 47.6 Å². The zero-order valence-corrected chi connectivity index (χ0v) is 41.3. The molecule has 0 radical (unpaired) electrons. The van der Waals surface area contributed by atoms with Crippen LogP contribution in [0.3, 0.4) is 0 Å². The fourth-order valence-corrected chi connectivity index (χ4v) is 10.1. The molecule has 3 aliphatic heterocycles. The van der Waals surface area contributed by atoms with E-state index in [0.29, 0.717) is 63.4 Å². The number of rotatable bonds is 6. The van der Waals surface area contributed by atoms with Crippen LogP contribution in [-0.4, -0.2) is 132 Å². The lowest BCUT2D eigenvalue weighted by molar-refractivity contribution is -0.265. The number of allylic oxidation sites excluding steroid dienone is 6. The molecule has 14 heteroatoms. The monoisotopic (exact) mass is 928 g/mol. The van der Waals surface area contributed by atoms with Crippen LogP contribution in [-0.2, 0) is 47.7 Å². The number of carbonyl (C=O) groups is 5. The fraction of sp³-hybridized carbons (Fsp3) is 0.750. The molecule has 0 unspecified atom stereocenters. The Bertz CT molecular complexity index is 1770. The second-order valence-corrected chi connectivity index (χ2v) is 19.9. The summed E-state index contributed by atoms with van der Waals surface area (Å²) in [7, 11) is 4.54. The summed E-state index contributed by atoms with van der Waals surface area (Å²) in [6, 6.07) is -1.14. The number of nitrogens with zero attached hydrogens (tertiary/aromatic N) is 1. The van der Waals surface area contributed by atoms with E-state index < -0.39 is 83.9 Å². The third-order valence-corrected chi connectivity index (χ3v) is 14.8. The summed E-state index contributed by atoms with van der Waals surface area (Å²) in [5.41, 5.74) is 1.29. The lowest BCUT2D eigenvalue weighted by atomic mass is 9.78. The number of Topliss-reactive ketones (excluding diaryl/α,β-unsaturated/α-hetero) is 3. The number of aliphatic hydroxyl groups is 3. The fourth-order valence-electron chi connectivity index (χ4n) is 10.1. The van der Waals surface area contributed by atoms with Gasteiger partial charge in [0.15, 0.2) is 5.78 Å². The highest BCUT2D eigenvalue weighted by Gasteiger charge is 2.53. The van der Waals surface area contributed by atoms with Crippen LogP contribution in [0, 0.1) is 35.5 Å². The Morgan fingerprint density at radius 2 is 1.56 bits per heavy atom. The Balaban J connectivity index is 1.69. The molecule has 14 nitrogen and oxygen atoms in total. The molecule has 1 amide bonds. The van der Waals surface area contributed by atoms with Crippen LogP contribution in [0.1, 0.15) is 132 Å². The van der Waals surface area contributed by atoms with Gasteiger partial charge in [-0.25, -0.2) is 4.79 Å². The Hall–Kier alpha value is -3.37. The highest BCUT2D eigenvalue weighted by Crippen LogP contribution is 2.38. The van der Waals surface area contributed by atoms with Crippen molar-refractivity contribution in [2.24, 2.45) is 35.5 Å². The van der Waals surface area contributed by atoms with Crippen LogP contribution < -0.4 is 0 Å². The number of methoxy groups -OCH3 is 3. The maximum absolute atomic E-state index is 14.4. The number of ketones is 3. The normalized spacial score (nSPS) is 40.2. The highest BCUT2D eigenvalue weighted by molar-refractivity contribution is 6.39. The van der Waals surface area contributed by atoms with Gasteiger partial charge in [-0.05, 0) is 113 Å².